The number of rotatable bonds is 6. The molecule has 3 rings (SSSR count). The van der Waals surface area contributed by atoms with Crippen molar-refractivity contribution < 1.29 is 9.59 Å². The maximum atomic E-state index is 12.8. The van der Waals surface area contributed by atoms with Gasteiger partial charge in [0.1, 0.15) is 5.25 Å². The molecule has 5 nitrogen and oxygen atoms in total. The van der Waals surface area contributed by atoms with Crippen LogP contribution in [0.3, 0.4) is 0 Å². The highest BCUT2D eigenvalue weighted by Gasteiger charge is 2.38. The van der Waals surface area contributed by atoms with E-state index in [-0.39, 0.29) is 18.2 Å². The van der Waals surface area contributed by atoms with Crippen molar-refractivity contribution in [2.45, 2.75) is 25.0 Å². The highest BCUT2D eigenvalue weighted by Crippen LogP contribution is 2.32. The zero-order valence-corrected chi connectivity index (χ0v) is 17.3. The van der Waals surface area contributed by atoms with Gasteiger partial charge >= 0.3 is 0 Å². The van der Waals surface area contributed by atoms with Crippen LogP contribution in [0, 0.1) is 0 Å². The van der Waals surface area contributed by atoms with Crippen molar-refractivity contribution in [2.75, 3.05) is 11.9 Å². The Morgan fingerprint density at radius 2 is 1.89 bits per heavy atom. The van der Waals surface area contributed by atoms with Crippen LogP contribution in [0.15, 0.2) is 64.1 Å². The monoisotopic (exact) mass is 445 g/mol. The molecule has 1 heterocycles. The van der Waals surface area contributed by atoms with Crippen LogP contribution >= 0.6 is 27.7 Å². The molecule has 0 spiro atoms. The molecule has 1 saturated heterocycles. The minimum Gasteiger partial charge on any atom is -0.325 e. The molecule has 0 aromatic heterocycles. The predicted octanol–water partition coefficient (Wildman–Crippen LogP) is 4.82. The molecule has 27 heavy (non-hydrogen) atoms. The van der Waals surface area contributed by atoms with Crippen LogP contribution in [0.5, 0.6) is 0 Å². The maximum Gasteiger partial charge on any atom is 0.242 e. The van der Waals surface area contributed by atoms with E-state index in [2.05, 4.69) is 26.2 Å². The SMILES string of the molecule is CCCN1C(=O)[C@@H](CC(=O)Nc2ccccc2Br)SC1=Nc1ccccc1. The van der Waals surface area contributed by atoms with Crippen LogP contribution < -0.4 is 5.32 Å². The van der Waals surface area contributed by atoms with Crippen molar-refractivity contribution in [3.05, 3.63) is 59.1 Å². The highest BCUT2D eigenvalue weighted by atomic mass is 79.9. The number of anilines is 1. The Hall–Kier alpha value is -2.12. The van der Waals surface area contributed by atoms with Gasteiger partial charge in [-0.1, -0.05) is 49.0 Å². The molecular formula is C20H20BrN3O2S. The van der Waals surface area contributed by atoms with E-state index in [0.29, 0.717) is 17.4 Å². The van der Waals surface area contributed by atoms with E-state index < -0.39 is 5.25 Å². The molecule has 0 unspecified atom stereocenters. The number of benzene rings is 2. The molecule has 0 saturated carbocycles. The maximum absolute atomic E-state index is 12.8. The number of hydrogen-bond donors (Lipinski definition) is 1. The topological polar surface area (TPSA) is 61.8 Å². The van der Waals surface area contributed by atoms with Crippen molar-refractivity contribution in [2.24, 2.45) is 4.99 Å². The molecule has 0 aliphatic carbocycles. The Kier molecular flexibility index (Phi) is 6.68. The zero-order chi connectivity index (χ0) is 19.2. The molecule has 2 amide bonds. The Balaban J connectivity index is 1.72. The lowest BCUT2D eigenvalue weighted by Gasteiger charge is -2.15. The Bertz CT molecular complexity index is 857. The summed E-state index contributed by atoms with van der Waals surface area (Å²) in [7, 11) is 0. The van der Waals surface area contributed by atoms with E-state index >= 15 is 0 Å². The number of nitrogens with one attached hydrogen (secondary N) is 1. The Morgan fingerprint density at radius 3 is 2.59 bits per heavy atom. The molecule has 2 aromatic rings. The van der Waals surface area contributed by atoms with Crippen molar-refractivity contribution in [1.29, 1.82) is 0 Å². The first-order chi connectivity index (χ1) is 13.1. The summed E-state index contributed by atoms with van der Waals surface area (Å²) in [6.07, 6.45) is 0.939. The van der Waals surface area contributed by atoms with Gasteiger partial charge in [0.2, 0.25) is 11.8 Å². The van der Waals surface area contributed by atoms with Crippen LogP contribution in [0.1, 0.15) is 19.8 Å². The lowest BCUT2D eigenvalue weighted by atomic mass is 10.2. The number of amides is 2. The van der Waals surface area contributed by atoms with Gasteiger partial charge in [-0.05, 0) is 46.6 Å². The number of para-hydroxylation sites is 2. The summed E-state index contributed by atoms with van der Waals surface area (Å²) in [5.74, 6) is -0.246. The van der Waals surface area contributed by atoms with Gasteiger partial charge in [-0.3, -0.25) is 14.5 Å². The second-order valence-corrected chi connectivity index (χ2v) is 8.08. The van der Waals surface area contributed by atoms with Gasteiger partial charge in [-0.15, -0.1) is 0 Å². The van der Waals surface area contributed by atoms with E-state index in [1.165, 1.54) is 11.8 Å². The third-order valence-electron chi connectivity index (χ3n) is 3.97. The van der Waals surface area contributed by atoms with Crippen LogP contribution in [-0.4, -0.2) is 33.7 Å². The average Bonchev–Trinajstić information content (AvgIpc) is 2.93. The molecule has 2 aromatic carbocycles. The molecule has 1 aliphatic heterocycles. The summed E-state index contributed by atoms with van der Waals surface area (Å²) < 4.78 is 0.808. The number of halogens is 1. The number of carbonyl (C=O) groups is 2. The first-order valence-corrected chi connectivity index (χ1v) is 10.4. The van der Waals surface area contributed by atoms with E-state index in [4.69, 9.17) is 0 Å². The second kappa shape index (κ2) is 9.19. The molecule has 1 N–H and O–H groups in total. The van der Waals surface area contributed by atoms with E-state index in [1.807, 2.05) is 61.5 Å². The number of aliphatic imine (C=N–C) groups is 1. The van der Waals surface area contributed by atoms with E-state index in [0.717, 1.165) is 16.6 Å². The van der Waals surface area contributed by atoms with Crippen LogP contribution in [0.4, 0.5) is 11.4 Å². The molecule has 0 bridgehead atoms. The predicted molar refractivity (Wildman–Crippen MR) is 114 cm³/mol. The summed E-state index contributed by atoms with van der Waals surface area (Å²) in [6.45, 7) is 2.62. The number of thioether (sulfide) groups is 1. The van der Waals surface area contributed by atoms with E-state index in [9.17, 15) is 9.59 Å². The van der Waals surface area contributed by atoms with Crippen molar-refractivity contribution in [3.63, 3.8) is 0 Å². The second-order valence-electron chi connectivity index (χ2n) is 6.06. The van der Waals surface area contributed by atoms with Crippen molar-refractivity contribution in [3.8, 4) is 0 Å². The van der Waals surface area contributed by atoms with Gasteiger partial charge in [-0.2, -0.15) is 0 Å². The smallest absolute Gasteiger partial charge is 0.242 e. The molecular weight excluding hydrogens is 426 g/mol. The van der Waals surface area contributed by atoms with Crippen LogP contribution in [-0.2, 0) is 9.59 Å². The lowest BCUT2D eigenvalue weighted by Crippen LogP contribution is -2.34. The summed E-state index contributed by atoms with van der Waals surface area (Å²) in [6, 6.07) is 16.9. The number of nitrogens with zero attached hydrogens (tertiary/aromatic N) is 2. The molecule has 1 atom stereocenters. The minimum absolute atomic E-state index is 0.0567. The largest absolute Gasteiger partial charge is 0.325 e. The fourth-order valence-electron chi connectivity index (χ4n) is 2.70. The Morgan fingerprint density at radius 1 is 1.19 bits per heavy atom. The first kappa shape index (κ1) is 19.6. The zero-order valence-electron chi connectivity index (χ0n) is 14.9. The molecule has 1 aliphatic rings. The molecule has 1 fully saturated rings. The number of hydrogen-bond acceptors (Lipinski definition) is 4. The fraction of sp³-hybridized carbons (Fsp3) is 0.250. The van der Waals surface area contributed by atoms with Crippen LogP contribution in [0.25, 0.3) is 0 Å². The van der Waals surface area contributed by atoms with Gasteiger partial charge in [0.25, 0.3) is 0 Å². The normalized spacial score (nSPS) is 18.1. The van der Waals surface area contributed by atoms with Gasteiger partial charge in [0.05, 0.1) is 11.4 Å². The van der Waals surface area contributed by atoms with Gasteiger partial charge in [0.15, 0.2) is 5.17 Å². The average molecular weight is 446 g/mol. The van der Waals surface area contributed by atoms with E-state index in [1.54, 1.807) is 4.90 Å². The third kappa shape index (κ3) is 4.99. The molecule has 7 heteroatoms. The van der Waals surface area contributed by atoms with Gasteiger partial charge in [0, 0.05) is 17.4 Å². The summed E-state index contributed by atoms with van der Waals surface area (Å²) in [5, 5.41) is 3.06. The van der Waals surface area contributed by atoms with Crippen molar-refractivity contribution >= 4 is 56.0 Å². The van der Waals surface area contributed by atoms with Gasteiger partial charge < -0.3 is 5.32 Å². The standard InChI is InChI=1S/C20H20BrN3O2S/c1-2-12-24-19(26)17(27-20(24)22-14-8-4-3-5-9-14)13-18(25)23-16-11-7-6-10-15(16)21/h3-11,17H,2,12-13H2,1H3,(H,23,25)/t17-/m1/s1. The Labute approximate surface area is 171 Å². The summed E-state index contributed by atoms with van der Waals surface area (Å²) in [5.41, 5.74) is 1.49. The minimum atomic E-state index is -0.457. The highest BCUT2D eigenvalue weighted by molar-refractivity contribution is 9.10. The first-order valence-electron chi connectivity index (χ1n) is 8.74. The van der Waals surface area contributed by atoms with Crippen molar-refractivity contribution in [1.82, 2.24) is 4.90 Å². The van der Waals surface area contributed by atoms with Gasteiger partial charge in [-0.25, -0.2) is 4.99 Å². The van der Waals surface area contributed by atoms with Crippen LogP contribution in [0.2, 0.25) is 0 Å². The quantitative estimate of drug-likeness (QED) is 0.692. The summed E-state index contributed by atoms with van der Waals surface area (Å²) >= 11 is 4.77. The molecule has 140 valence electrons. The number of amidine groups is 1. The fourth-order valence-corrected chi connectivity index (χ4v) is 4.27. The summed E-state index contributed by atoms with van der Waals surface area (Å²) in [4.78, 5) is 31.5. The number of carbonyl (C=O) groups excluding carboxylic acids is 2. The third-order valence-corrected chi connectivity index (χ3v) is 5.83. The molecule has 0 radical (unpaired) electrons. The lowest BCUT2D eigenvalue weighted by molar-refractivity contribution is -0.128.